The molecule has 0 bridgehead atoms. The standard InChI is InChI=1S/C23H21N3O3S2/c1-14-4-6-15(7-5-14)18-12-30-21-20(18)25-23(26(2)22(21)28)31-13-19(27)24-16-8-10-17(29-3)11-9-16/h4-12H,13H2,1-3H3,(H,24,27). The molecule has 0 saturated heterocycles. The molecule has 4 aromatic rings. The van der Waals surface area contributed by atoms with E-state index in [9.17, 15) is 9.59 Å². The Bertz CT molecular complexity index is 1290. The monoisotopic (exact) mass is 451 g/mol. The second-order valence-electron chi connectivity index (χ2n) is 7.02. The number of aromatic nitrogens is 2. The molecule has 0 fully saturated rings. The summed E-state index contributed by atoms with van der Waals surface area (Å²) in [5, 5.41) is 5.32. The van der Waals surface area contributed by atoms with E-state index < -0.39 is 0 Å². The third-order valence-electron chi connectivity index (χ3n) is 4.83. The summed E-state index contributed by atoms with van der Waals surface area (Å²) in [7, 11) is 3.28. The molecular formula is C23H21N3O3S2. The molecule has 0 aliphatic heterocycles. The number of nitrogens with zero attached hydrogens (tertiary/aromatic N) is 2. The molecule has 0 unspecified atom stereocenters. The van der Waals surface area contributed by atoms with E-state index in [1.807, 2.05) is 36.6 Å². The van der Waals surface area contributed by atoms with E-state index in [4.69, 9.17) is 9.72 Å². The number of thioether (sulfide) groups is 1. The number of carbonyl (C=O) groups excluding carboxylic acids is 1. The summed E-state index contributed by atoms with van der Waals surface area (Å²) in [6.45, 7) is 2.04. The van der Waals surface area contributed by atoms with Crippen LogP contribution in [0.1, 0.15) is 5.56 Å². The minimum Gasteiger partial charge on any atom is -0.497 e. The summed E-state index contributed by atoms with van der Waals surface area (Å²) in [4.78, 5) is 30.0. The lowest BCUT2D eigenvalue weighted by atomic mass is 10.1. The zero-order valence-corrected chi connectivity index (χ0v) is 19.0. The van der Waals surface area contributed by atoms with E-state index in [1.54, 1.807) is 38.4 Å². The largest absolute Gasteiger partial charge is 0.497 e. The Morgan fingerprint density at radius 2 is 1.87 bits per heavy atom. The Morgan fingerprint density at radius 3 is 2.55 bits per heavy atom. The molecule has 1 amide bonds. The first kappa shape index (κ1) is 21.1. The van der Waals surface area contributed by atoms with Crippen LogP contribution in [0.3, 0.4) is 0 Å². The van der Waals surface area contributed by atoms with E-state index in [0.717, 1.165) is 16.9 Å². The highest BCUT2D eigenvalue weighted by atomic mass is 32.2. The lowest BCUT2D eigenvalue weighted by Gasteiger charge is -2.09. The van der Waals surface area contributed by atoms with Gasteiger partial charge >= 0.3 is 0 Å². The first-order valence-corrected chi connectivity index (χ1v) is 11.4. The Hall–Kier alpha value is -3.10. The maximum absolute atomic E-state index is 12.9. The minimum atomic E-state index is -0.173. The molecule has 0 saturated carbocycles. The van der Waals surface area contributed by atoms with Gasteiger partial charge in [-0.05, 0) is 36.8 Å². The second kappa shape index (κ2) is 8.95. The predicted molar refractivity (Wildman–Crippen MR) is 127 cm³/mol. The zero-order valence-electron chi connectivity index (χ0n) is 17.3. The summed E-state index contributed by atoms with van der Waals surface area (Å²) in [5.41, 5.74) is 4.38. The fourth-order valence-electron chi connectivity index (χ4n) is 3.09. The molecule has 2 aromatic heterocycles. The number of carbonyl (C=O) groups is 1. The quantitative estimate of drug-likeness (QED) is 0.340. The number of hydrogen-bond donors (Lipinski definition) is 1. The molecule has 0 aliphatic carbocycles. The van der Waals surface area contributed by atoms with Gasteiger partial charge in [0.05, 0.1) is 18.4 Å². The Kier molecular flexibility index (Phi) is 6.11. The molecule has 0 atom stereocenters. The summed E-state index contributed by atoms with van der Waals surface area (Å²) in [6, 6.07) is 15.3. The molecule has 31 heavy (non-hydrogen) atoms. The van der Waals surface area contributed by atoms with Crippen molar-refractivity contribution in [1.82, 2.24) is 9.55 Å². The average molecular weight is 452 g/mol. The third-order valence-corrected chi connectivity index (χ3v) is 6.81. The number of hydrogen-bond acceptors (Lipinski definition) is 6. The van der Waals surface area contributed by atoms with Gasteiger partial charge in [0.25, 0.3) is 5.56 Å². The number of thiophene rings is 1. The number of ether oxygens (including phenoxy) is 1. The molecule has 4 rings (SSSR count). The van der Waals surface area contributed by atoms with Crippen LogP contribution in [0.25, 0.3) is 21.3 Å². The Balaban J connectivity index is 1.56. The second-order valence-corrected chi connectivity index (χ2v) is 8.84. The van der Waals surface area contributed by atoms with Crippen LogP contribution < -0.4 is 15.6 Å². The predicted octanol–water partition coefficient (Wildman–Crippen LogP) is 4.71. The van der Waals surface area contributed by atoms with Gasteiger partial charge in [-0.3, -0.25) is 14.2 Å². The van der Waals surface area contributed by atoms with Crippen LogP contribution in [0.2, 0.25) is 0 Å². The van der Waals surface area contributed by atoms with Gasteiger partial charge in [0.15, 0.2) is 5.16 Å². The van der Waals surface area contributed by atoms with Gasteiger partial charge in [0, 0.05) is 23.7 Å². The molecule has 2 heterocycles. The van der Waals surface area contributed by atoms with Gasteiger partial charge in [-0.25, -0.2) is 4.98 Å². The van der Waals surface area contributed by atoms with E-state index >= 15 is 0 Å². The van der Waals surface area contributed by atoms with Crippen LogP contribution >= 0.6 is 23.1 Å². The van der Waals surface area contributed by atoms with E-state index in [-0.39, 0.29) is 17.2 Å². The van der Waals surface area contributed by atoms with Crippen LogP contribution in [0.4, 0.5) is 5.69 Å². The van der Waals surface area contributed by atoms with Crippen molar-refractivity contribution in [3.8, 4) is 16.9 Å². The van der Waals surface area contributed by atoms with Crippen molar-refractivity contribution in [3.63, 3.8) is 0 Å². The van der Waals surface area contributed by atoms with Crippen molar-refractivity contribution in [1.29, 1.82) is 0 Å². The average Bonchev–Trinajstić information content (AvgIpc) is 3.20. The molecule has 1 N–H and O–H groups in total. The van der Waals surface area contributed by atoms with Gasteiger partial charge in [0.1, 0.15) is 10.4 Å². The van der Waals surface area contributed by atoms with Crippen molar-refractivity contribution in [2.45, 2.75) is 12.1 Å². The van der Waals surface area contributed by atoms with Crippen molar-refractivity contribution < 1.29 is 9.53 Å². The molecular weight excluding hydrogens is 430 g/mol. The van der Waals surface area contributed by atoms with Crippen LogP contribution in [-0.4, -0.2) is 28.3 Å². The highest BCUT2D eigenvalue weighted by molar-refractivity contribution is 7.99. The van der Waals surface area contributed by atoms with Gasteiger partial charge in [-0.2, -0.15) is 0 Å². The summed E-state index contributed by atoms with van der Waals surface area (Å²) in [5.74, 6) is 0.690. The van der Waals surface area contributed by atoms with Crippen molar-refractivity contribution in [3.05, 3.63) is 69.8 Å². The number of aryl methyl sites for hydroxylation is 1. The van der Waals surface area contributed by atoms with E-state index in [0.29, 0.717) is 21.1 Å². The minimum absolute atomic E-state index is 0.105. The normalized spacial score (nSPS) is 10.9. The number of rotatable bonds is 6. The molecule has 158 valence electrons. The lowest BCUT2D eigenvalue weighted by Crippen LogP contribution is -2.20. The van der Waals surface area contributed by atoms with Gasteiger partial charge in [0.2, 0.25) is 5.91 Å². The summed E-state index contributed by atoms with van der Waals surface area (Å²) < 4.78 is 7.24. The number of fused-ring (bicyclic) bond motifs is 1. The SMILES string of the molecule is COc1ccc(NC(=O)CSc2nc3c(-c4ccc(C)cc4)csc3c(=O)n2C)cc1. The smallest absolute Gasteiger partial charge is 0.271 e. The number of methoxy groups -OCH3 is 1. The van der Waals surface area contributed by atoms with Crippen molar-refractivity contribution >= 4 is 44.9 Å². The Morgan fingerprint density at radius 1 is 1.16 bits per heavy atom. The molecule has 0 spiro atoms. The number of amides is 1. The number of nitrogens with one attached hydrogen (secondary N) is 1. The lowest BCUT2D eigenvalue weighted by molar-refractivity contribution is -0.113. The highest BCUT2D eigenvalue weighted by Gasteiger charge is 2.16. The van der Waals surface area contributed by atoms with Crippen LogP contribution in [-0.2, 0) is 11.8 Å². The first-order chi connectivity index (χ1) is 15.0. The third kappa shape index (κ3) is 4.50. The topological polar surface area (TPSA) is 73.2 Å². The molecule has 0 radical (unpaired) electrons. The molecule has 6 nitrogen and oxygen atoms in total. The maximum Gasteiger partial charge on any atom is 0.271 e. The van der Waals surface area contributed by atoms with E-state index in [2.05, 4.69) is 5.32 Å². The summed E-state index contributed by atoms with van der Waals surface area (Å²) in [6.07, 6.45) is 0. The fourth-order valence-corrected chi connectivity index (χ4v) is 4.85. The molecule has 0 aliphatic rings. The number of anilines is 1. The molecule has 2 aromatic carbocycles. The van der Waals surface area contributed by atoms with Gasteiger partial charge in [-0.1, -0.05) is 41.6 Å². The number of benzene rings is 2. The first-order valence-electron chi connectivity index (χ1n) is 9.58. The van der Waals surface area contributed by atoms with Crippen molar-refractivity contribution in [2.24, 2.45) is 7.05 Å². The highest BCUT2D eigenvalue weighted by Crippen LogP contribution is 2.32. The summed E-state index contributed by atoms with van der Waals surface area (Å²) >= 11 is 2.64. The fraction of sp³-hybridized carbons (Fsp3) is 0.174. The molecule has 8 heteroatoms. The maximum atomic E-state index is 12.9. The van der Waals surface area contributed by atoms with Crippen LogP contribution in [0.5, 0.6) is 5.75 Å². The Labute approximate surface area is 187 Å². The van der Waals surface area contributed by atoms with E-state index in [1.165, 1.54) is 33.2 Å². The van der Waals surface area contributed by atoms with Gasteiger partial charge in [-0.15, -0.1) is 11.3 Å². The van der Waals surface area contributed by atoms with Gasteiger partial charge < -0.3 is 10.1 Å². The van der Waals surface area contributed by atoms with Crippen LogP contribution in [0, 0.1) is 6.92 Å². The zero-order chi connectivity index (χ0) is 22.0. The van der Waals surface area contributed by atoms with Crippen molar-refractivity contribution in [2.75, 3.05) is 18.2 Å². The van der Waals surface area contributed by atoms with Crippen LogP contribution in [0.15, 0.2) is 63.9 Å².